The number of carbonyl (C=O) groups is 1. The van der Waals surface area contributed by atoms with Crippen molar-refractivity contribution in [2.45, 2.75) is 43.8 Å². The number of hydrogen-bond donors (Lipinski definition) is 2. The minimum Gasteiger partial charge on any atom is -0.458 e. The zero-order valence-electron chi connectivity index (χ0n) is 11.2. The Hall–Kier alpha value is -1.08. The van der Waals surface area contributed by atoms with Crippen LogP contribution >= 0.6 is 0 Å². The summed E-state index contributed by atoms with van der Waals surface area (Å²) in [5, 5.41) is 20.2. The van der Waals surface area contributed by atoms with Crippen molar-refractivity contribution in [3.63, 3.8) is 0 Å². The molecule has 0 aromatic rings. The molecule has 2 N–H and O–H groups in total. The summed E-state index contributed by atoms with van der Waals surface area (Å²) in [6.45, 7) is 2.74. The highest BCUT2D eigenvalue weighted by Crippen LogP contribution is 2.55. The largest absolute Gasteiger partial charge is 0.458 e. The first kappa shape index (κ1) is 14.8. The highest BCUT2D eigenvalue weighted by Gasteiger charge is 2.58. The maximum atomic E-state index is 12.5. The molecular weight excluding hydrogens is 289 g/mol. The fourth-order valence-corrected chi connectivity index (χ4v) is 4.29. The zero-order chi connectivity index (χ0) is 15.5. The van der Waals surface area contributed by atoms with Gasteiger partial charge in [-0.25, -0.2) is 4.79 Å². The molecule has 0 saturated heterocycles. The number of alkyl halides is 3. The summed E-state index contributed by atoms with van der Waals surface area (Å²) in [6, 6.07) is 0. The number of aliphatic hydroxyl groups excluding tert-OH is 2. The minimum atomic E-state index is -4.81. The van der Waals surface area contributed by atoms with Gasteiger partial charge >= 0.3 is 12.1 Å². The lowest BCUT2D eigenvalue weighted by Crippen LogP contribution is -2.62. The molecule has 7 atom stereocenters. The van der Waals surface area contributed by atoms with Gasteiger partial charge in [-0.05, 0) is 31.1 Å². The van der Waals surface area contributed by atoms with E-state index in [4.69, 9.17) is 4.74 Å². The van der Waals surface area contributed by atoms with E-state index in [1.165, 1.54) is 0 Å². The quantitative estimate of drug-likeness (QED) is 0.598. The number of carbonyl (C=O) groups excluding carboxylic acids is 1. The van der Waals surface area contributed by atoms with Gasteiger partial charge in [0.25, 0.3) is 0 Å². The van der Waals surface area contributed by atoms with Gasteiger partial charge < -0.3 is 14.9 Å². The third-order valence-corrected chi connectivity index (χ3v) is 5.27. The Bertz CT molecular complexity index is 475. The summed E-state index contributed by atoms with van der Waals surface area (Å²) in [7, 11) is 0. The average Bonchev–Trinajstić information content (AvgIpc) is 2.39. The second-order valence-corrected chi connectivity index (χ2v) is 6.38. The van der Waals surface area contributed by atoms with E-state index in [1.807, 2.05) is 0 Å². The van der Waals surface area contributed by atoms with Crippen molar-refractivity contribution in [3.05, 3.63) is 12.2 Å². The van der Waals surface area contributed by atoms with Gasteiger partial charge in [-0.15, -0.1) is 0 Å². The van der Waals surface area contributed by atoms with Gasteiger partial charge in [-0.1, -0.05) is 6.58 Å². The van der Waals surface area contributed by atoms with Gasteiger partial charge in [0.1, 0.15) is 11.7 Å². The van der Waals surface area contributed by atoms with E-state index in [0.717, 1.165) is 0 Å². The molecule has 4 aliphatic carbocycles. The molecule has 4 saturated carbocycles. The fraction of sp³-hybridized carbons (Fsp3) is 0.786. The summed E-state index contributed by atoms with van der Waals surface area (Å²) in [5.41, 5.74) is -1.52. The smallest absolute Gasteiger partial charge is 0.422 e. The van der Waals surface area contributed by atoms with Gasteiger partial charge in [0.05, 0.1) is 12.2 Å². The van der Waals surface area contributed by atoms with Crippen molar-refractivity contribution < 1.29 is 32.9 Å². The predicted molar refractivity (Wildman–Crippen MR) is 64.9 cm³/mol. The molecule has 4 bridgehead atoms. The topological polar surface area (TPSA) is 66.8 Å². The predicted octanol–water partition coefficient (Wildman–Crippen LogP) is 1.41. The number of aliphatic hydroxyl groups is 2. The van der Waals surface area contributed by atoms with Gasteiger partial charge in [0, 0.05) is 11.8 Å². The second kappa shape index (κ2) is 4.71. The monoisotopic (exact) mass is 306 g/mol. The molecule has 0 radical (unpaired) electrons. The number of halogens is 3. The Kier molecular flexibility index (Phi) is 3.33. The first-order valence-electron chi connectivity index (χ1n) is 7.03. The average molecular weight is 306 g/mol. The van der Waals surface area contributed by atoms with Crippen LogP contribution in [0, 0.1) is 23.7 Å². The highest BCUT2D eigenvalue weighted by molar-refractivity contribution is 5.89. The molecule has 0 spiro atoms. The molecule has 0 heterocycles. The van der Waals surface area contributed by atoms with Crippen LogP contribution in [0.25, 0.3) is 0 Å². The molecule has 118 valence electrons. The Morgan fingerprint density at radius 2 is 1.67 bits per heavy atom. The summed E-state index contributed by atoms with van der Waals surface area (Å²) in [6.07, 6.45) is -5.34. The first-order chi connectivity index (χ1) is 9.70. The summed E-state index contributed by atoms with van der Waals surface area (Å²) in [5.74, 6) is -2.15. The van der Waals surface area contributed by atoms with Gasteiger partial charge in [0.2, 0.25) is 0 Å². The van der Waals surface area contributed by atoms with E-state index < -0.39 is 36.0 Å². The zero-order valence-corrected chi connectivity index (χ0v) is 11.2. The van der Waals surface area contributed by atoms with Crippen molar-refractivity contribution in [1.82, 2.24) is 0 Å². The van der Waals surface area contributed by atoms with Crippen LogP contribution in [0.3, 0.4) is 0 Å². The van der Waals surface area contributed by atoms with E-state index in [0.29, 0.717) is 19.3 Å². The van der Waals surface area contributed by atoms with Crippen molar-refractivity contribution in [1.29, 1.82) is 0 Å². The van der Waals surface area contributed by atoms with Gasteiger partial charge in [-0.3, -0.25) is 0 Å². The van der Waals surface area contributed by atoms with Crippen molar-refractivity contribution in [3.8, 4) is 0 Å². The van der Waals surface area contributed by atoms with Gasteiger partial charge in [0.15, 0.2) is 0 Å². The number of hydrogen-bond acceptors (Lipinski definition) is 4. The molecule has 4 fully saturated rings. The van der Waals surface area contributed by atoms with Gasteiger partial charge in [-0.2, -0.15) is 13.2 Å². The van der Waals surface area contributed by atoms with E-state index >= 15 is 0 Å². The van der Waals surface area contributed by atoms with E-state index in [1.54, 1.807) is 0 Å². The van der Waals surface area contributed by atoms with Crippen LogP contribution in [-0.2, 0) is 9.53 Å². The third-order valence-electron chi connectivity index (χ3n) is 5.27. The Morgan fingerprint density at radius 3 is 2.29 bits per heavy atom. The number of esters is 1. The molecular formula is C14H17F3O4. The van der Waals surface area contributed by atoms with Crippen LogP contribution < -0.4 is 0 Å². The number of rotatable bonds is 2. The molecule has 4 nitrogen and oxygen atoms in total. The standard InChI is InChI=1S/C14H17F3O4/c1-5(14(15,16)17)13(20)21-12-7-2-6-3-9(12)11(19)8(4-7)10(6)18/h6-12,18-19H,1-4H2. The molecule has 0 amide bonds. The van der Waals surface area contributed by atoms with Crippen LogP contribution in [0.5, 0.6) is 0 Å². The lowest BCUT2D eigenvalue weighted by Gasteiger charge is -2.57. The van der Waals surface area contributed by atoms with Crippen molar-refractivity contribution >= 4 is 5.97 Å². The maximum absolute atomic E-state index is 12.5. The maximum Gasteiger partial charge on any atom is 0.422 e. The lowest BCUT2D eigenvalue weighted by atomic mass is 9.52. The van der Waals surface area contributed by atoms with Crippen molar-refractivity contribution in [2.24, 2.45) is 23.7 Å². The third kappa shape index (κ3) is 2.26. The van der Waals surface area contributed by atoms with Crippen LogP contribution in [0.15, 0.2) is 12.2 Å². The van der Waals surface area contributed by atoms with E-state index in [9.17, 15) is 28.2 Å². The molecule has 0 aromatic heterocycles. The summed E-state index contributed by atoms with van der Waals surface area (Å²) < 4.78 is 42.4. The van der Waals surface area contributed by atoms with Crippen LogP contribution in [-0.4, -0.2) is 40.7 Å². The highest BCUT2D eigenvalue weighted by atomic mass is 19.4. The van der Waals surface area contributed by atoms with E-state index in [-0.39, 0.29) is 23.7 Å². The summed E-state index contributed by atoms with van der Waals surface area (Å²) in [4.78, 5) is 11.6. The molecule has 0 aromatic carbocycles. The summed E-state index contributed by atoms with van der Waals surface area (Å²) >= 11 is 0. The molecule has 4 rings (SSSR count). The molecule has 7 heteroatoms. The van der Waals surface area contributed by atoms with Crippen LogP contribution in [0.2, 0.25) is 0 Å². The molecule has 7 unspecified atom stereocenters. The normalized spacial score (nSPS) is 44.7. The molecule has 0 aliphatic heterocycles. The minimum absolute atomic E-state index is 0.0444. The molecule has 4 aliphatic rings. The van der Waals surface area contributed by atoms with E-state index in [2.05, 4.69) is 6.58 Å². The first-order valence-corrected chi connectivity index (χ1v) is 7.03. The Balaban J connectivity index is 1.73. The van der Waals surface area contributed by atoms with Crippen LogP contribution in [0.1, 0.15) is 19.3 Å². The SMILES string of the molecule is C=C(C(=O)OC1C2CC3CC1C(O)C(C2)C3O)C(F)(F)F. The number of ether oxygens (including phenoxy) is 1. The lowest BCUT2D eigenvalue weighted by molar-refractivity contribution is -0.220. The fourth-order valence-electron chi connectivity index (χ4n) is 4.29. The van der Waals surface area contributed by atoms with Crippen LogP contribution in [0.4, 0.5) is 13.2 Å². The Labute approximate surface area is 119 Å². The second-order valence-electron chi connectivity index (χ2n) is 6.38. The Morgan fingerprint density at radius 1 is 1.05 bits per heavy atom. The molecule has 21 heavy (non-hydrogen) atoms. The van der Waals surface area contributed by atoms with Crippen molar-refractivity contribution in [2.75, 3.05) is 0 Å².